The molecule has 0 aliphatic carbocycles. The highest BCUT2D eigenvalue weighted by Gasteiger charge is 2.08. The molecule has 0 unspecified atom stereocenters. The monoisotopic (exact) mass is 383 g/mol. The van der Waals surface area contributed by atoms with Gasteiger partial charge in [0.25, 0.3) is 0 Å². The molecule has 128 valence electrons. The van der Waals surface area contributed by atoms with E-state index < -0.39 is 0 Å². The number of fused-ring (bicyclic) bond motifs is 1. The van der Waals surface area contributed by atoms with Crippen LogP contribution in [-0.2, 0) is 0 Å². The fourth-order valence-electron chi connectivity index (χ4n) is 2.67. The smallest absolute Gasteiger partial charge is 0.152 e. The summed E-state index contributed by atoms with van der Waals surface area (Å²) < 4.78 is 13.1. The second kappa shape index (κ2) is 6.90. The van der Waals surface area contributed by atoms with Crippen LogP contribution in [0.2, 0.25) is 10.2 Å². The van der Waals surface area contributed by atoms with Crippen molar-refractivity contribution < 1.29 is 4.39 Å². The molecule has 0 aliphatic heterocycles. The molecule has 26 heavy (non-hydrogen) atoms. The van der Waals surface area contributed by atoms with Gasteiger partial charge in [0.15, 0.2) is 5.15 Å². The van der Waals surface area contributed by atoms with Crippen molar-refractivity contribution in [1.82, 2.24) is 9.97 Å². The van der Waals surface area contributed by atoms with Gasteiger partial charge in [0.2, 0.25) is 0 Å². The molecular formula is C20H12Cl2FN3. The van der Waals surface area contributed by atoms with Crippen molar-refractivity contribution in [3.8, 4) is 11.1 Å². The Morgan fingerprint density at radius 1 is 0.846 bits per heavy atom. The van der Waals surface area contributed by atoms with Crippen LogP contribution in [0.4, 0.5) is 15.8 Å². The zero-order chi connectivity index (χ0) is 18.1. The zero-order valence-corrected chi connectivity index (χ0v) is 14.9. The molecule has 3 nitrogen and oxygen atoms in total. The standard InChI is InChI=1S/C20H12Cl2FN3/c21-17-7-8-24-18-6-1-12(9-16(17)18)13-10-19(20(22)25-11-13)26-15-4-2-14(23)3-5-15/h1-11,26H. The van der Waals surface area contributed by atoms with Crippen LogP contribution in [0.5, 0.6) is 0 Å². The average molecular weight is 384 g/mol. The Hall–Kier alpha value is -2.69. The number of benzene rings is 2. The van der Waals surface area contributed by atoms with Crippen molar-refractivity contribution in [1.29, 1.82) is 0 Å². The van der Waals surface area contributed by atoms with E-state index in [-0.39, 0.29) is 5.82 Å². The molecular weight excluding hydrogens is 372 g/mol. The SMILES string of the molecule is Fc1ccc(Nc2cc(-c3ccc4nccc(Cl)c4c3)cnc2Cl)cc1. The predicted molar refractivity (Wildman–Crippen MR) is 105 cm³/mol. The number of rotatable bonds is 3. The van der Waals surface area contributed by atoms with Gasteiger partial charge in [0.05, 0.1) is 16.2 Å². The third kappa shape index (κ3) is 3.34. The van der Waals surface area contributed by atoms with Crippen molar-refractivity contribution in [2.75, 3.05) is 5.32 Å². The van der Waals surface area contributed by atoms with Gasteiger partial charge >= 0.3 is 0 Å². The minimum absolute atomic E-state index is 0.296. The van der Waals surface area contributed by atoms with E-state index in [2.05, 4.69) is 15.3 Å². The normalized spacial score (nSPS) is 10.9. The maximum Gasteiger partial charge on any atom is 0.152 e. The minimum Gasteiger partial charge on any atom is -0.353 e. The number of nitrogens with one attached hydrogen (secondary N) is 1. The lowest BCUT2D eigenvalue weighted by Gasteiger charge is -2.11. The molecule has 0 radical (unpaired) electrons. The molecule has 0 saturated carbocycles. The Kier molecular flexibility index (Phi) is 4.45. The van der Waals surface area contributed by atoms with Crippen molar-refractivity contribution in [3.05, 3.63) is 83.0 Å². The molecule has 0 bridgehead atoms. The second-order valence-corrected chi connectivity index (χ2v) is 6.48. The summed E-state index contributed by atoms with van der Waals surface area (Å²) in [4.78, 5) is 8.56. The highest BCUT2D eigenvalue weighted by molar-refractivity contribution is 6.35. The lowest BCUT2D eigenvalue weighted by molar-refractivity contribution is 0.628. The molecule has 4 rings (SSSR count). The van der Waals surface area contributed by atoms with E-state index >= 15 is 0 Å². The highest BCUT2D eigenvalue weighted by Crippen LogP contribution is 2.32. The van der Waals surface area contributed by atoms with Crippen LogP contribution in [0.25, 0.3) is 22.0 Å². The van der Waals surface area contributed by atoms with Crippen LogP contribution in [0, 0.1) is 5.82 Å². The number of hydrogen-bond donors (Lipinski definition) is 1. The molecule has 2 aromatic carbocycles. The molecule has 0 aliphatic rings. The van der Waals surface area contributed by atoms with E-state index in [0.717, 1.165) is 27.7 Å². The van der Waals surface area contributed by atoms with E-state index in [1.165, 1.54) is 12.1 Å². The largest absolute Gasteiger partial charge is 0.353 e. The molecule has 1 N–H and O–H groups in total. The summed E-state index contributed by atoms with van der Waals surface area (Å²) in [6.45, 7) is 0. The molecule has 0 amide bonds. The number of pyridine rings is 2. The fraction of sp³-hybridized carbons (Fsp3) is 0. The van der Waals surface area contributed by atoms with E-state index in [4.69, 9.17) is 23.2 Å². The highest BCUT2D eigenvalue weighted by atomic mass is 35.5. The van der Waals surface area contributed by atoms with E-state index in [1.807, 2.05) is 24.3 Å². The van der Waals surface area contributed by atoms with Gasteiger partial charge in [0, 0.05) is 29.0 Å². The van der Waals surface area contributed by atoms with Gasteiger partial charge in [-0.05, 0) is 54.1 Å². The zero-order valence-electron chi connectivity index (χ0n) is 13.4. The van der Waals surface area contributed by atoms with E-state index in [1.54, 1.807) is 30.6 Å². The Balaban J connectivity index is 1.73. The van der Waals surface area contributed by atoms with Gasteiger partial charge in [0.1, 0.15) is 5.82 Å². The van der Waals surface area contributed by atoms with Crippen LogP contribution in [0.15, 0.2) is 67.0 Å². The van der Waals surface area contributed by atoms with Crippen molar-refractivity contribution >= 4 is 45.5 Å². The Morgan fingerprint density at radius 3 is 2.46 bits per heavy atom. The Morgan fingerprint density at radius 2 is 1.65 bits per heavy atom. The number of hydrogen-bond acceptors (Lipinski definition) is 3. The number of halogens is 3. The molecule has 0 atom stereocenters. The third-order valence-corrected chi connectivity index (χ3v) is 4.61. The van der Waals surface area contributed by atoms with Gasteiger partial charge in [-0.15, -0.1) is 0 Å². The summed E-state index contributed by atoms with van der Waals surface area (Å²) in [5.74, 6) is -0.296. The van der Waals surface area contributed by atoms with Gasteiger partial charge in [-0.3, -0.25) is 4.98 Å². The second-order valence-electron chi connectivity index (χ2n) is 5.72. The average Bonchev–Trinajstić information content (AvgIpc) is 2.65. The molecule has 6 heteroatoms. The maximum atomic E-state index is 13.1. The van der Waals surface area contributed by atoms with E-state index in [0.29, 0.717) is 15.9 Å². The quantitative estimate of drug-likeness (QED) is 0.411. The molecule has 2 heterocycles. The lowest BCUT2D eigenvalue weighted by Crippen LogP contribution is -1.94. The number of anilines is 2. The van der Waals surface area contributed by atoms with Crippen molar-refractivity contribution in [3.63, 3.8) is 0 Å². The Bertz CT molecular complexity index is 1100. The molecule has 0 saturated heterocycles. The first-order valence-corrected chi connectivity index (χ1v) is 8.58. The minimum atomic E-state index is -0.296. The third-order valence-electron chi connectivity index (χ3n) is 3.98. The summed E-state index contributed by atoms with van der Waals surface area (Å²) >= 11 is 12.5. The molecule has 0 spiro atoms. The molecule has 4 aromatic rings. The molecule has 2 aromatic heterocycles. The summed E-state index contributed by atoms with van der Waals surface area (Å²) in [5, 5.41) is 5.00. The van der Waals surface area contributed by atoms with Crippen molar-refractivity contribution in [2.24, 2.45) is 0 Å². The van der Waals surface area contributed by atoms with Crippen LogP contribution in [0.1, 0.15) is 0 Å². The van der Waals surface area contributed by atoms with Crippen LogP contribution >= 0.6 is 23.2 Å². The Labute approximate surface area is 159 Å². The van der Waals surface area contributed by atoms with Crippen LogP contribution < -0.4 is 5.32 Å². The number of aromatic nitrogens is 2. The first-order chi connectivity index (χ1) is 12.6. The fourth-order valence-corrected chi connectivity index (χ4v) is 3.03. The maximum absolute atomic E-state index is 13.1. The first-order valence-electron chi connectivity index (χ1n) is 7.83. The number of nitrogens with zero attached hydrogens (tertiary/aromatic N) is 2. The van der Waals surface area contributed by atoms with Crippen LogP contribution in [0.3, 0.4) is 0 Å². The van der Waals surface area contributed by atoms with Crippen molar-refractivity contribution in [2.45, 2.75) is 0 Å². The molecule has 0 fully saturated rings. The summed E-state index contributed by atoms with van der Waals surface area (Å²) in [7, 11) is 0. The van der Waals surface area contributed by atoms with Crippen LogP contribution in [-0.4, -0.2) is 9.97 Å². The van der Waals surface area contributed by atoms with E-state index in [9.17, 15) is 4.39 Å². The lowest BCUT2D eigenvalue weighted by atomic mass is 10.0. The topological polar surface area (TPSA) is 37.8 Å². The van der Waals surface area contributed by atoms with Gasteiger partial charge in [-0.1, -0.05) is 29.3 Å². The predicted octanol–water partition coefficient (Wildman–Crippen LogP) is 6.49. The van der Waals surface area contributed by atoms with Gasteiger partial charge in [-0.25, -0.2) is 9.37 Å². The summed E-state index contributed by atoms with van der Waals surface area (Å²) in [6.07, 6.45) is 3.38. The first kappa shape index (κ1) is 16.8. The summed E-state index contributed by atoms with van der Waals surface area (Å²) in [5.41, 5.74) is 4.00. The van der Waals surface area contributed by atoms with Gasteiger partial charge in [-0.2, -0.15) is 0 Å². The summed E-state index contributed by atoms with van der Waals surface area (Å²) in [6, 6.07) is 15.5. The van der Waals surface area contributed by atoms with Gasteiger partial charge < -0.3 is 5.32 Å².